The lowest BCUT2D eigenvalue weighted by molar-refractivity contribution is 0.162. The van der Waals surface area contributed by atoms with Crippen LogP contribution in [0.1, 0.15) is 56.6 Å². The molecule has 2 amide bonds. The van der Waals surface area contributed by atoms with Crippen molar-refractivity contribution < 1.29 is 9.18 Å². The van der Waals surface area contributed by atoms with E-state index in [1.807, 2.05) is 0 Å². The first-order valence-corrected chi connectivity index (χ1v) is 9.75. The van der Waals surface area contributed by atoms with Gasteiger partial charge >= 0.3 is 6.03 Å². The standard InChI is InChI=1S/C20H28FN3O/c21-16-8-6-15(7-9-16)19(14-3-1-4-14)23-20(25)22-17-10-12-24-11-2-5-18(24)13-17/h6-9,14,17-19H,1-5,10-13H2,(H2,22,23,25). The zero-order valence-corrected chi connectivity index (χ0v) is 14.7. The van der Waals surface area contributed by atoms with Crippen LogP contribution in [0.4, 0.5) is 9.18 Å². The summed E-state index contributed by atoms with van der Waals surface area (Å²) in [7, 11) is 0. The molecule has 25 heavy (non-hydrogen) atoms. The number of piperidine rings is 1. The lowest BCUT2D eigenvalue weighted by atomic mass is 9.77. The van der Waals surface area contributed by atoms with Crippen molar-refractivity contribution in [2.45, 2.75) is 63.1 Å². The molecule has 2 N–H and O–H groups in total. The van der Waals surface area contributed by atoms with Crippen molar-refractivity contribution in [3.63, 3.8) is 0 Å². The van der Waals surface area contributed by atoms with Crippen molar-refractivity contribution in [2.75, 3.05) is 13.1 Å². The minimum Gasteiger partial charge on any atom is -0.335 e. The molecule has 1 saturated carbocycles. The molecule has 0 bridgehead atoms. The van der Waals surface area contributed by atoms with Crippen LogP contribution in [-0.2, 0) is 0 Å². The number of nitrogens with zero attached hydrogens (tertiary/aromatic N) is 1. The number of amides is 2. The van der Waals surface area contributed by atoms with Gasteiger partial charge in [-0.05, 0) is 68.7 Å². The molecule has 1 aromatic rings. The fraction of sp³-hybridized carbons (Fsp3) is 0.650. The van der Waals surface area contributed by atoms with Crippen molar-refractivity contribution in [2.24, 2.45) is 5.92 Å². The Kier molecular flexibility index (Phi) is 4.93. The number of hydrogen-bond acceptors (Lipinski definition) is 2. The minimum atomic E-state index is -0.233. The number of halogens is 1. The third kappa shape index (κ3) is 3.81. The molecule has 2 heterocycles. The molecule has 3 aliphatic rings. The first-order chi connectivity index (χ1) is 12.2. The summed E-state index contributed by atoms with van der Waals surface area (Å²) < 4.78 is 13.2. The van der Waals surface area contributed by atoms with Gasteiger partial charge in [0.2, 0.25) is 0 Å². The van der Waals surface area contributed by atoms with E-state index in [0.29, 0.717) is 12.0 Å². The number of nitrogens with one attached hydrogen (secondary N) is 2. The summed E-state index contributed by atoms with van der Waals surface area (Å²) in [5, 5.41) is 6.37. The second-order valence-electron chi connectivity index (χ2n) is 7.89. The molecular formula is C20H28FN3O. The lowest BCUT2D eigenvalue weighted by Crippen LogP contribution is -2.51. The monoisotopic (exact) mass is 345 g/mol. The maximum Gasteiger partial charge on any atom is 0.315 e. The topological polar surface area (TPSA) is 44.4 Å². The normalized spacial score (nSPS) is 28.0. The van der Waals surface area contributed by atoms with Gasteiger partial charge in [0.05, 0.1) is 6.04 Å². The molecule has 0 spiro atoms. The van der Waals surface area contributed by atoms with E-state index in [9.17, 15) is 9.18 Å². The summed E-state index contributed by atoms with van der Waals surface area (Å²) in [6.45, 7) is 2.32. The van der Waals surface area contributed by atoms with Gasteiger partial charge in [0.25, 0.3) is 0 Å². The van der Waals surface area contributed by atoms with E-state index in [1.54, 1.807) is 12.1 Å². The van der Waals surface area contributed by atoms with Crippen LogP contribution in [0.15, 0.2) is 24.3 Å². The first-order valence-electron chi connectivity index (χ1n) is 9.75. The first kappa shape index (κ1) is 16.8. The highest BCUT2D eigenvalue weighted by molar-refractivity contribution is 5.74. The van der Waals surface area contributed by atoms with Gasteiger partial charge < -0.3 is 15.5 Å². The van der Waals surface area contributed by atoms with E-state index >= 15 is 0 Å². The molecule has 3 fully saturated rings. The summed E-state index contributed by atoms with van der Waals surface area (Å²) >= 11 is 0. The van der Waals surface area contributed by atoms with Gasteiger partial charge in [-0.2, -0.15) is 0 Å². The fourth-order valence-corrected chi connectivity index (χ4v) is 4.64. The van der Waals surface area contributed by atoms with Gasteiger partial charge in [-0.1, -0.05) is 18.6 Å². The van der Waals surface area contributed by atoms with Crippen LogP contribution in [0.2, 0.25) is 0 Å². The summed E-state index contributed by atoms with van der Waals surface area (Å²) in [5.41, 5.74) is 1.01. The van der Waals surface area contributed by atoms with E-state index in [4.69, 9.17) is 0 Å². The molecule has 4 nitrogen and oxygen atoms in total. The molecule has 0 aromatic heterocycles. The Morgan fingerprint density at radius 3 is 2.60 bits per heavy atom. The molecule has 4 rings (SSSR count). The summed E-state index contributed by atoms with van der Waals surface area (Å²) in [6.07, 6.45) is 8.13. The van der Waals surface area contributed by atoms with Gasteiger partial charge in [-0.3, -0.25) is 0 Å². The lowest BCUT2D eigenvalue weighted by Gasteiger charge is -2.37. The smallest absolute Gasteiger partial charge is 0.315 e. The molecule has 3 unspecified atom stereocenters. The van der Waals surface area contributed by atoms with Gasteiger partial charge in [0.15, 0.2) is 0 Å². The maximum absolute atomic E-state index is 13.2. The van der Waals surface area contributed by atoms with Gasteiger partial charge in [0, 0.05) is 18.6 Å². The number of carbonyl (C=O) groups is 1. The molecule has 1 aliphatic carbocycles. The molecule has 3 atom stereocenters. The predicted molar refractivity (Wildman–Crippen MR) is 95.8 cm³/mol. The van der Waals surface area contributed by atoms with Crippen LogP contribution in [0.5, 0.6) is 0 Å². The van der Waals surface area contributed by atoms with E-state index in [-0.39, 0.29) is 23.9 Å². The number of carbonyl (C=O) groups excluding carboxylic acids is 1. The van der Waals surface area contributed by atoms with Crippen LogP contribution in [0.3, 0.4) is 0 Å². The number of urea groups is 1. The molecule has 5 heteroatoms. The molecule has 2 saturated heterocycles. The second-order valence-corrected chi connectivity index (χ2v) is 7.89. The van der Waals surface area contributed by atoms with E-state index in [1.165, 1.54) is 37.9 Å². The second kappa shape index (κ2) is 7.32. The molecular weight excluding hydrogens is 317 g/mol. The molecule has 2 aliphatic heterocycles. The number of rotatable bonds is 4. The van der Waals surface area contributed by atoms with Crippen LogP contribution in [-0.4, -0.2) is 36.1 Å². The summed E-state index contributed by atoms with van der Waals surface area (Å²) in [6, 6.07) is 7.41. The predicted octanol–water partition coefficient (Wildman–Crippen LogP) is 3.59. The van der Waals surface area contributed by atoms with Crippen LogP contribution >= 0.6 is 0 Å². The SMILES string of the molecule is O=C(NC1CCN2CCCC2C1)NC(c1ccc(F)cc1)C1CCC1. The third-order valence-corrected chi connectivity index (χ3v) is 6.29. The van der Waals surface area contributed by atoms with E-state index in [2.05, 4.69) is 15.5 Å². The Bertz CT molecular complexity index is 601. The Hall–Kier alpha value is -1.62. The van der Waals surface area contributed by atoms with Crippen molar-refractivity contribution in [3.8, 4) is 0 Å². The number of fused-ring (bicyclic) bond motifs is 1. The van der Waals surface area contributed by atoms with Crippen molar-refractivity contribution >= 4 is 6.03 Å². The number of benzene rings is 1. The Labute approximate surface area is 149 Å². The van der Waals surface area contributed by atoms with Crippen molar-refractivity contribution in [3.05, 3.63) is 35.6 Å². The number of hydrogen-bond donors (Lipinski definition) is 2. The van der Waals surface area contributed by atoms with Gasteiger partial charge in [0.1, 0.15) is 5.82 Å². The molecule has 1 aromatic carbocycles. The van der Waals surface area contributed by atoms with Gasteiger partial charge in [-0.25, -0.2) is 9.18 Å². The van der Waals surface area contributed by atoms with E-state index in [0.717, 1.165) is 37.8 Å². The third-order valence-electron chi connectivity index (χ3n) is 6.29. The highest BCUT2D eigenvalue weighted by Gasteiger charge is 2.34. The average molecular weight is 345 g/mol. The molecule has 0 radical (unpaired) electrons. The van der Waals surface area contributed by atoms with Crippen molar-refractivity contribution in [1.29, 1.82) is 0 Å². The van der Waals surface area contributed by atoms with E-state index < -0.39 is 0 Å². The largest absolute Gasteiger partial charge is 0.335 e. The Morgan fingerprint density at radius 1 is 1.08 bits per heavy atom. The zero-order valence-electron chi connectivity index (χ0n) is 14.7. The average Bonchev–Trinajstić information content (AvgIpc) is 3.01. The Balaban J connectivity index is 1.36. The highest BCUT2D eigenvalue weighted by Crippen LogP contribution is 2.37. The summed E-state index contributed by atoms with van der Waals surface area (Å²) in [5.74, 6) is 0.233. The fourth-order valence-electron chi connectivity index (χ4n) is 4.64. The molecule has 136 valence electrons. The summed E-state index contributed by atoms with van der Waals surface area (Å²) in [4.78, 5) is 15.1. The van der Waals surface area contributed by atoms with Crippen LogP contribution in [0, 0.1) is 11.7 Å². The van der Waals surface area contributed by atoms with Crippen LogP contribution < -0.4 is 10.6 Å². The maximum atomic E-state index is 13.2. The Morgan fingerprint density at radius 2 is 1.88 bits per heavy atom. The quantitative estimate of drug-likeness (QED) is 0.876. The van der Waals surface area contributed by atoms with Gasteiger partial charge in [-0.15, -0.1) is 0 Å². The van der Waals surface area contributed by atoms with Crippen LogP contribution in [0.25, 0.3) is 0 Å². The highest BCUT2D eigenvalue weighted by atomic mass is 19.1. The minimum absolute atomic E-state index is 0.0130. The van der Waals surface area contributed by atoms with Crippen molar-refractivity contribution in [1.82, 2.24) is 15.5 Å². The zero-order chi connectivity index (χ0) is 17.2.